The SMILES string of the molecule is COC(=O)CC(NC(=O)CN)c1ccc(-c2cccc3ccccc23)cc1. The maximum atomic E-state index is 11.7. The van der Waals surface area contributed by atoms with Crippen LogP contribution in [0.4, 0.5) is 0 Å². The van der Waals surface area contributed by atoms with Gasteiger partial charge in [0.2, 0.25) is 5.91 Å². The molecule has 0 aliphatic heterocycles. The topological polar surface area (TPSA) is 81.4 Å². The molecular weight excluding hydrogens is 340 g/mol. The van der Waals surface area contributed by atoms with Gasteiger partial charge in [0.15, 0.2) is 0 Å². The van der Waals surface area contributed by atoms with Crippen LogP contribution in [0.2, 0.25) is 0 Å². The number of methoxy groups -OCH3 is 1. The first kappa shape index (κ1) is 18.6. The molecule has 3 N–H and O–H groups in total. The van der Waals surface area contributed by atoms with Crippen molar-refractivity contribution in [2.24, 2.45) is 5.73 Å². The minimum absolute atomic E-state index is 0.0514. The number of rotatable bonds is 6. The normalized spacial score (nSPS) is 11.8. The summed E-state index contributed by atoms with van der Waals surface area (Å²) in [5.41, 5.74) is 8.41. The lowest BCUT2D eigenvalue weighted by atomic mass is 9.95. The Morgan fingerprint density at radius 2 is 1.70 bits per heavy atom. The van der Waals surface area contributed by atoms with Crippen LogP contribution in [0.25, 0.3) is 21.9 Å². The highest BCUT2D eigenvalue weighted by atomic mass is 16.5. The number of carbonyl (C=O) groups excluding carboxylic acids is 2. The molecule has 3 aromatic rings. The molecule has 3 rings (SSSR count). The summed E-state index contributed by atoms with van der Waals surface area (Å²) in [5, 5.41) is 5.13. The second-order valence-corrected chi connectivity index (χ2v) is 6.25. The van der Waals surface area contributed by atoms with E-state index in [2.05, 4.69) is 29.6 Å². The van der Waals surface area contributed by atoms with Crippen molar-refractivity contribution in [1.29, 1.82) is 0 Å². The number of fused-ring (bicyclic) bond motifs is 1. The minimum Gasteiger partial charge on any atom is -0.469 e. The Balaban J connectivity index is 1.92. The van der Waals surface area contributed by atoms with Crippen LogP contribution < -0.4 is 11.1 Å². The molecule has 0 aliphatic carbocycles. The fourth-order valence-electron chi connectivity index (χ4n) is 3.13. The van der Waals surface area contributed by atoms with E-state index < -0.39 is 12.0 Å². The van der Waals surface area contributed by atoms with Crippen LogP contribution >= 0.6 is 0 Å². The number of amides is 1. The van der Waals surface area contributed by atoms with E-state index in [0.29, 0.717) is 0 Å². The molecule has 27 heavy (non-hydrogen) atoms. The van der Waals surface area contributed by atoms with Crippen molar-refractivity contribution in [2.45, 2.75) is 12.5 Å². The largest absolute Gasteiger partial charge is 0.469 e. The van der Waals surface area contributed by atoms with E-state index in [4.69, 9.17) is 10.5 Å². The lowest BCUT2D eigenvalue weighted by molar-refractivity contribution is -0.141. The van der Waals surface area contributed by atoms with E-state index in [1.165, 1.54) is 17.9 Å². The third-order valence-electron chi connectivity index (χ3n) is 4.53. The molecule has 1 amide bonds. The minimum atomic E-state index is -0.477. The third-order valence-corrected chi connectivity index (χ3v) is 4.53. The van der Waals surface area contributed by atoms with E-state index in [-0.39, 0.29) is 18.9 Å². The standard InChI is InChI=1S/C22H22N2O3/c1-27-22(26)13-20(24-21(25)14-23)17-11-9-16(10-12-17)19-8-4-6-15-5-2-3-7-18(15)19/h2-12,20H,13-14,23H2,1H3,(H,24,25). The van der Waals surface area contributed by atoms with Crippen LogP contribution in [0.15, 0.2) is 66.7 Å². The maximum Gasteiger partial charge on any atom is 0.307 e. The summed E-state index contributed by atoms with van der Waals surface area (Å²) in [5.74, 6) is -0.711. The van der Waals surface area contributed by atoms with Crippen LogP contribution in [0, 0.1) is 0 Å². The van der Waals surface area contributed by atoms with Gasteiger partial charge in [0.25, 0.3) is 0 Å². The molecule has 0 heterocycles. The second-order valence-electron chi connectivity index (χ2n) is 6.25. The summed E-state index contributed by atoms with van der Waals surface area (Å²) in [7, 11) is 1.33. The molecule has 1 atom stereocenters. The number of hydrogen-bond donors (Lipinski definition) is 2. The van der Waals surface area contributed by atoms with Crippen molar-refractivity contribution in [1.82, 2.24) is 5.32 Å². The molecule has 5 heteroatoms. The van der Waals surface area contributed by atoms with Crippen LogP contribution in [-0.4, -0.2) is 25.5 Å². The Labute approximate surface area is 158 Å². The van der Waals surface area contributed by atoms with Gasteiger partial charge in [-0.2, -0.15) is 0 Å². The Hall–Kier alpha value is -3.18. The van der Waals surface area contributed by atoms with E-state index in [9.17, 15) is 9.59 Å². The summed E-state index contributed by atoms with van der Waals surface area (Å²) in [4.78, 5) is 23.4. The number of ether oxygens (including phenoxy) is 1. The van der Waals surface area contributed by atoms with Crippen LogP contribution in [-0.2, 0) is 14.3 Å². The van der Waals surface area contributed by atoms with Crippen LogP contribution in [0.1, 0.15) is 18.0 Å². The first-order chi connectivity index (χ1) is 13.1. The number of nitrogens with one attached hydrogen (secondary N) is 1. The van der Waals surface area contributed by atoms with E-state index >= 15 is 0 Å². The maximum absolute atomic E-state index is 11.7. The Bertz CT molecular complexity index is 928. The molecule has 0 bridgehead atoms. The highest BCUT2D eigenvalue weighted by Crippen LogP contribution is 2.29. The Kier molecular flexibility index (Phi) is 5.84. The van der Waals surface area contributed by atoms with Gasteiger partial charge in [-0.25, -0.2) is 0 Å². The molecular formula is C22H22N2O3. The molecule has 5 nitrogen and oxygen atoms in total. The monoisotopic (exact) mass is 362 g/mol. The van der Waals surface area contributed by atoms with Gasteiger partial charge in [-0.1, -0.05) is 66.7 Å². The average molecular weight is 362 g/mol. The first-order valence-corrected chi connectivity index (χ1v) is 8.76. The van der Waals surface area contributed by atoms with Gasteiger partial charge in [0.1, 0.15) is 0 Å². The molecule has 0 radical (unpaired) electrons. The number of nitrogens with two attached hydrogens (primary N) is 1. The second kappa shape index (κ2) is 8.47. The predicted octanol–water partition coefficient (Wildman–Crippen LogP) is 3.19. The van der Waals surface area contributed by atoms with Crippen molar-refractivity contribution < 1.29 is 14.3 Å². The van der Waals surface area contributed by atoms with Gasteiger partial charge in [0.05, 0.1) is 26.1 Å². The summed E-state index contributed by atoms with van der Waals surface area (Å²) in [6, 6.07) is 21.8. The van der Waals surface area contributed by atoms with E-state index in [1.54, 1.807) is 0 Å². The molecule has 3 aromatic carbocycles. The number of hydrogen-bond acceptors (Lipinski definition) is 4. The van der Waals surface area contributed by atoms with Crippen molar-refractivity contribution in [3.8, 4) is 11.1 Å². The van der Waals surface area contributed by atoms with E-state index in [1.807, 2.05) is 42.5 Å². The Morgan fingerprint density at radius 3 is 2.41 bits per heavy atom. The van der Waals surface area contributed by atoms with Crippen molar-refractivity contribution in [3.05, 3.63) is 72.3 Å². The molecule has 0 spiro atoms. The Morgan fingerprint density at radius 1 is 1.00 bits per heavy atom. The molecule has 0 saturated heterocycles. The summed E-state index contributed by atoms with van der Waals surface area (Å²) < 4.78 is 4.74. The van der Waals surface area contributed by atoms with Crippen LogP contribution in [0.5, 0.6) is 0 Å². The number of esters is 1. The molecule has 138 valence electrons. The van der Waals surface area contributed by atoms with Crippen molar-refractivity contribution >= 4 is 22.6 Å². The lowest BCUT2D eigenvalue weighted by Crippen LogP contribution is -2.35. The van der Waals surface area contributed by atoms with Gasteiger partial charge in [-0.15, -0.1) is 0 Å². The number of carbonyl (C=O) groups is 2. The van der Waals surface area contributed by atoms with Crippen LogP contribution in [0.3, 0.4) is 0 Å². The molecule has 1 unspecified atom stereocenters. The summed E-state index contributed by atoms with van der Waals surface area (Å²) in [6.45, 7) is -0.133. The summed E-state index contributed by atoms with van der Waals surface area (Å²) in [6.07, 6.45) is 0.0514. The smallest absolute Gasteiger partial charge is 0.307 e. The fraction of sp³-hybridized carbons (Fsp3) is 0.182. The zero-order valence-electron chi connectivity index (χ0n) is 15.1. The van der Waals surface area contributed by atoms with Gasteiger partial charge in [-0.05, 0) is 27.5 Å². The zero-order valence-corrected chi connectivity index (χ0v) is 15.1. The quantitative estimate of drug-likeness (QED) is 0.660. The molecule has 0 saturated carbocycles. The molecule has 0 aromatic heterocycles. The summed E-state index contributed by atoms with van der Waals surface area (Å²) >= 11 is 0. The van der Waals surface area contributed by atoms with Crippen molar-refractivity contribution in [2.75, 3.05) is 13.7 Å². The highest BCUT2D eigenvalue weighted by molar-refractivity contribution is 5.96. The van der Waals surface area contributed by atoms with Gasteiger partial charge in [-0.3, -0.25) is 9.59 Å². The first-order valence-electron chi connectivity index (χ1n) is 8.76. The average Bonchev–Trinajstić information content (AvgIpc) is 2.72. The lowest BCUT2D eigenvalue weighted by Gasteiger charge is -2.18. The third kappa shape index (κ3) is 4.33. The predicted molar refractivity (Wildman–Crippen MR) is 106 cm³/mol. The van der Waals surface area contributed by atoms with E-state index in [0.717, 1.165) is 16.7 Å². The molecule has 0 fully saturated rings. The number of benzene rings is 3. The fourth-order valence-corrected chi connectivity index (χ4v) is 3.13. The van der Waals surface area contributed by atoms with Gasteiger partial charge < -0.3 is 15.8 Å². The van der Waals surface area contributed by atoms with Gasteiger partial charge in [0, 0.05) is 0 Å². The van der Waals surface area contributed by atoms with Crippen molar-refractivity contribution in [3.63, 3.8) is 0 Å². The highest BCUT2D eigenvalue weighted by Gasteiger charge is 2.18. The van der Waals surface area contributed by atoms with Gasteiger partial charge >= 0.3 is 5.97 Å². The zero-order chi connectivity index (χ0) is 19.2. The molecule has 0 aliphatic rings.